The van der Waals surface area contributed by atoms with Crippen molar-refractivity contribution in [2.24, 2.45) is 0 Å². The van der Waals surface area contributed by atoms with Gasteiger partial charge >= 0.3 is 5.97 Å². The van der Waals surface area contributed by atoms with E-state index in [9.17, 15) is 19.5 Å². The normalized spacial score (nSPS) is 20.2. The van der Waals surface area contributed by atoms with Crippen molar-refractivity contribution in [3.8, 4) is 5.75 Å². The first-order valence-electron chi connectivity index (χ1n) is 11.5. The van der Waals surface area contributed by atoms with Gasteiger partial charge in [0.05, 0.1) is 24.3 Å². The van der Waals surface area contributed by atoms with E-state index in [4.69, 9.17) is 9.47 Å². The summed E-state index contributed by atoms with van der Waals surface area (Å²) in [4.78, 5) is 43.9. The van der Waals surface area contributed by atoms with Crippen LogP contribution in [0.5, 0.6) is 5.75 Å². The number of fused-ring (bicyclic) bond motifs is 1. The van der Waals surface area contributed by atoms with E-state index in [2.05, 4.69) is 4.98 Å². The lowest BCUT2D eigenvalue weighted by molar-refractivity contribution is -0.140. The zero-order valence-electron chi connectivity index (χ0n) is 19.8. The second-order valence-corrected chi connectivity index (χ2v) is 8.85. The zero-order chi connectivity index (χ0) is 25.4. The van der Waals surface area contributed by atoms with E-state index >= 15 is 0 Å². The number of carbonyl (C=O) groups excluding carboxylic acids is 3. The Labute approximate surface area is 207 Å². The molecule has 5 rings (SSSR count). The molecule has 1 saturated heterocycles. The van der Waals surface area contributed by atoms with Crippen LogP contribution in [0, 0.1) is 0 Å². The van der Waals surface area contributed by atoms with Crippen molar-refractivity contribution in [3.05, 3.63) is 100 Å². The SMILES string of the molecule is COC(=O)c1ccc([C@@H]2/C(=C(\O)c3ccc4c(c3)C[C@H](C)O4)C(=O)C(=O)N2Cc2ccncc2)cc1. The number of methoxy groups -OCH3 is 1. The number of carbonyl (C=O) groups is 3. The van der Waals surface area contributed by atoms with Crippen molar-refractivity contribution in [3.63, 3.8) is 0 Å². The molecule has 0 unspecified atom stereocenters. The van der Waals surface area contributed by atoms with Gasteiger partial charge in [0.1, 0.15) is 17.6 Å². The number of benzene rings is 2. The average molecular weight is 485 g/mol. The van der Waals surface area contributed by atoms with Crippen LogP contribution in [0.2, 0.25) is 0 Å². The molecule has 2 aromatic carbocycles. The molecule has 1 aromatic heterocycles. The second-order valence-electron chi connectivity index (χ2n) is 8.85. The number of aliphatic hydroxyl groups is 1. The monoisotopic (exact) mass is 484 g/mol. The molecule has 0 saturated carbocycles. The van der Waals surface area contributed by atoms with Crippen molar-refractivity contribution in [2.75, 3.05) is 7.11 Å². The van der Waals surface area contributed by atoms with E-state index in [1.807, 2.05) is 6.92 Å². The van der Waals surface area contributed by atoms with Gasteiger partial charge in [0, 0.05) is 30.9 Å². The molecule has 2 aliphatic rings. The molecule has 36 heavy (non-hydrogen) atoms. The van der Waals surface area contributed by atoms with Gasteiger partial charge in [-0.2, -0.15) is 0 Å². The number of hydrogen-bond donors (Lipinski definition) is 1. The lowest BCUT2D eigenvalue weighted by Gasteiger charge is -2.25. The Balaban J connectivity index is 1.62. The van der Waals surface area contributed by atoms with Gasteiger partial charge < -0.3 is 19.5 Å². The van der Waals surface area contributed by atoms with Crippen molar-refractivity contribution in [1.29, 1.82) is 0 Å². The molecule has 3 aromatic rings. The summed E-state index contributed by atoms with van der Waals surface area (Å²) < 4.78 is 10.5. The molecular weight excluding hydrogens is 460 g/mol. The largest absolute Gasteiger partial charge is 0.507 e. The van der Waals surface area contributed by atoms with Gasteiger partial charge in [-0.1, -0.05) is 12.1 Å². The third kappa shape index (κ3) is 4.11. The molecule has 0 aliphatic carbocycles. The Hall–Kier alpha value is -4.46. The molecule has 8 heteroatoms. The minimum Gasteiger partial charge on any atom is -0.507 e. The van der Waals surface area contributed by atoms with Crippen LogP contribution < -0.4 is 4.74 Å². The number of amides is 1. The quantitative estimate of drug-likeness (QED) is 0.254. The number of aliphatic hydroxyl groups excluding tert-OH is 1. The smallest absolute Gasteiger partial charge is 0.337 e. The Morgan fingerprint density at radius 2 is 1.78 bits per heavy atom. The van der Waals surface area contributed by atoms with E-state index in [1.54, 1.807) is 67.0 Å². The Morgan fingerprint density at radius 1 is 1.08 bits per heavy atom. The highest BCUT2D eigenvalue weighted by Gasteiger charge is 2.46. The summed E-state index contributed by atoms with van der Waals surface area (Å²) in [5, 5.41) is 11.4. The first-order valence-corrected chi connectivity index (χ1v) is 11.5. The molecule has 0 radical (unpaired) electrons. The fourth-order valence-electron chi connectivity index (χ4n) is 4.72. The standard InChI is InChI=1S/C28H24N2O6/c1-16-13-21-14-20(7-8-22(21)36-16)25(31)23-24(18-3-5-19(6-4-18)28(34)35-2)30(27(33)26(23)32)15-17-9-11-29-12-10-17/h3-12,14,16,24,31H,13,15H2,1-2H3/b25-23+/t16-,24+/m0/s1. The Kier molecular flexibility index (Phi) is 6.01. The maximum absolute atomic E-state index is 13.3. The number of ketones is 1. The van der Waals surface area contributed by atoms with Gasteiger partial charge in [-0.15, -0.1) is 0 Å². The fraction of sp³-hybridized carbons (Fsp3) is 0.214. The van der Waals surface area contributed by atoms with Crippen molar-refractivity contribution >= 4 is 23.4 Å². The van der Waals surface area contributed by atoms with E-state index < -0.39 is 23.7 Å². The molecule has 3 heterocycles. The molecule has 1 amide bonds. The fourth-order valence-corrected chi connectivity index (χ4v) is 4.72. The minimum atomic E-state index is -0.853. The maximum atomic E-state index is 13.3. The van der Waals surface area contributed by atoms with E-state index in [-0.39, 0.29) is 24.0 Å². The average Bonchev–Trinajstić information content (AvgIpc) is 3.39. The summed E-state index contributed by atoms with van der Waals surface area (Å²) in [6, 6.07) is 14.4. The van der Waals surface area contributed by atoms with Crippen LogP contribution in [0.25, 0.3) is 5.76 Å². The third-order valence-electron chi connectivity index (χ3n) is 6.46. The molecule has 2 atom stereocenters. The number of esters is 1. The highest BCUT2D eigenvalue weighted by Crippen LogP contribution is 2.41. The van der Waals surface area contributed by atoms with Crippen LogP contribution in [-0.2, 0) is 27.3 Å². The number of ether oxygens (including phenoxy) is 2. The first-order chi connectivity index (χ1) is 17.4. The summed E-state index contributed by atoms with van der Waals surface area (Å²) >= 11 is 0. The van der Waals surface area contributed by atoms with E-state index in [1.165, 1.54) is 12.0 Å². The lowest BCUT2D eigenvalue weighted by Crippen LogP contribution is -2.29. The van der Waals surface area contributed by atoms with Crippen LogP contribution in [0.1, 0.15) is 45.6 Å². The maximum Gasteiger partial charge on any atom is 0.337 e. The number of rotatable bonds is 5. The predicted octanol–water partition coefficient (Wildman–Crippen LogP) is 3.81. The van der Waals surface area contributed by atoms with Gasteiger partial charge in [0.15, 0.2) is 0 Å². The topological polar surface area (TPSA) is 106 Å². The Bertz CT molecular complexity index is 1380. The van der Waals surface area contributed by atoms with Crippen LogP contribution in [0.4, 0.5) is 0 Å². The van der Waals surface area contributed by atoms with Gasteiger partial charge in [0.2, 0.25) is 0 Å². The highest BCUT2D eigenvalue weighted by atomic mass is 16.5. The molecule has 0 spiro atoms. The number of Topliss-reactive ketones (excluding diaryl/α,β-unsaturated/α-hetero) is 1. The number of hydrogen-bond acceptors (Lipinski definition) is 7. The first kappa shape index (κ1) is 23.3. The summed E-state index contributed by atoms with van der Waals surface area (Å²) in [5.41, 5.74) is 3.05. The van der Waals surface area contributed by atoms with E-state index in [0.29, 0.717) is 23.1 Å². The van der Waals surface area contributed by atoms with Crippen molar-refractivity contribution in [1.82, 2.24) is 9.88 Å². The molecule has 2 aliphatic heterocycles. The summed E-state index contributed by atoms with van der Waals surface area (Å²) in [6.45, 7) is 2.10. The van der Waals surface area contributed by atoms with Crippen molar-refractivity contribution in [2.45, 2.75) is 32.0 Å². The zero-order valence-corrected chi connectivity index (χ0v) is 19.8. The van der Waals surface area contributed by atoms with Crippen LogP contribution >= 0.6 is 0 Å². The van der Waals surface area contributed by atoms with Crippen LogP contribution in [-0.4, -0.2) is 45.9 Å². The Morgan fingerprint density at radius 3 is 2.47 bits per heavy atom. The van der Waals surface area contributed by atoms with Gasteiger partial charge in [-0.05, 0) is 66.1 Å². The second kappa shape index (κ2) is 9.30. The predicted molar refractivity (Wildman–Crippen MR) is 130 cm³/mol. The molecule has 1 fully saturated rings. The lowest BCUT2D eigenvalue weighted by atomic mass is 9.94. The number of pyridine rings is 1. The summed E-state index contributed by atoms with van der Waals surface area (Å²) in [6.07, 6.45) is 3.93. The van der Waals surface area contributed by atoms with E-state index in [0.717, 1.165) is 16.9 Å². The van der Waals surface area contributed by atoms with Gasteiger partial charge in [-0.25, -0.2) is 4.79 Å². The summed E-state index contributed by atoms with van der Waals surface area (Å²) in [5.74, 6) is -1.49. The molecule has 0 bridgehead atoms. The molecule has 1 N–H and O–H groups in total. The van der Waals surface area contributed by atoms with Gasteiger partial charge in [0.25, 0.3) is 11.7 Å². The van der Waals surface area contributed by atoms with Gasteiger partial charge in [-0.3, -0.25) is 14.6 Å². The summed E-state index contributed by atoms with van der Waals surface area (Å²) in [7, 11) is 1.29. The molecule has 8 nitrogen and oxygen atoms in total. The number of nitrogens with zero attached hydrogens (tertiary/aromatic N) is 2. The molecular formula is C28H24N2O6. The number of likely N-dealkylation sites (tertiary alicyclic amines) is 1. The highest BCUT2D eigenvalue weighted by molar-refractivity contribution is 6.46. The third-order valence-corrected chi connectivity index (χ3v) is 6.46. The van der Waals surface area contributed by atoms with Crippen LogP contribution in [0.3, 0.4) is 0 Å². The molecule has 182 valence electrons. The number of aromatic nitrogens is 1. The van der Waals surface area contributed by atoms with Crippen LogP contribution in [0.15, 0.2) is 72.6 Å². The van der Waals surface area contributed by atoms with Crippen molar-refractivity contribution < 1.29 is 29.0 Å². The minimum absolute atomic E-state index is 0.00760.